The quantitative estimate of drug-likeness (QED) is 0.773. The molecule has 0 N–H and O–H groups in total. The first-order chi connectivity index (χ1) is 8.86. The van der Waals surface area contributed by atoms with Gasteiger partial charge in [0, 0.05) is 5.39 Å². The van der Waals surface area contributed by atoms with Gasteiger partial charge in [-0.2, -0.15) is 13.2 Å². The molecule has 0 saturated heterocycles. The Morgan fingerprint density at radius 1 is 1.26 bits per heavy atom. The molecule has 0 bridgehead atoms. The zero-order chi connectivity index (χ0) is 14.2. The minimum absolute atomic E-state index is 0.193. The van der Waals surface area contributed by atoms with Crippen molar-refractivity contribution in [2.45, 2.75) is 26.4 Å². The molecular weight excluding hydrogens is 255 g/mol. The van der Waals surface area contributed by atoms with Crippen LogP contribution in [-0.2, 0) is 6.42 Å². The number of aromatic nitrogens is 1. The lowest BCUT2D eigenvalue weighted by Crippen LogP contribution is -2.25. The molecule has 2 rings (SSSR count). The third kappa shape index (κ3) is 2.32. The van der Waals surface area contributed by atoms with Gasteiger partial charge in [-0.3, -0.25) is 9.78 Å². The number of para-hydroxylation sites is 1. The number of halogens is 3. The molecule has 5 heteroatoms. The van der Waals surface area contributed by atoms with Crippen LogP contribution in [0.4, 0.5) is 13.2 Å². The lowest BCUT2D eigenvalue weighted by Gasteiger charge is -2.14. The number of pyridine rings is 1. The summed E-state index contributed by atoms with van der Waals surface area (Å²) in [6.07, 6.45) is -4.60. The number of fused-ring (bicyclic) bond motifs is 1. The number of benzene rings is 1. The van der Waals surface area contributed by atoms with E-state index in [1.54, 1.807) is 31.2 Å². The van der Waals surface area contributed by atoms with E-state index in [4.69, 9.17) is 0 Å². The molecule has 0 atom stereocenters. The van der Waals surface area contributed by atoms with Crippen molar-refractivity contribution in [2.24, 2.45) is 0 Å². The average Bonchev–Trinajstić information content (AvgIpc) is 2.36. The van der Waals surface area contributed by atoms with Crippen molar-refractivity contribution in [3.05, 3.63) is 41.1 Å². The van der Waals surface area contributed by atoms with Crippen molar-refractivity contribution >= 4 is 16.7 Å². The third-order valence-corrected chi connectivity index (χ3v) is 3.05. The number of hydrogen-bond donors (Lipinski definition) is 0. The van der Waals surface area contributed by atoms with E-state index in [0.717, 1.165) is 0 Å². The fourth-order valence-corrected chi connectivity index (χ4v) is 2.14. The largest absolute Gasteiger partial charge is 0.454 e. The summed E-state index contributed by atoms with van der Waals surface area (Å²) in [4.78, 5) is 15.7. The van der Waals surface area contributed by atoms with Crippen LogP contribution >= 0.6 is 0 Å². The summed E-state index contributed by atoms with van der Waals surface area (Å²) in [6.45, 7) is 3.21. The molecule has 1 aromatic heterocycles. The summed E-state index contributed by atoms with van der Waals surface area (Å²) in [7, 11) is 0. The van der Waals surface area contributed by atoms with Gasteiger partial charge in [0.25, 0.3) is 5.78 Å². The first-order valence-electron chi connectivity index (χ1n) is 5.86. The minimum atomic E-state index is -4.88. The molecule has 19 heavy (non-hydrogen) atoms. The van der Waals surface area contributed by atoms with Crippen molar-refractivity contribution in [1.29, 1.82) is 0 Å². The van der Waals surface area contributed by atoms with Crippen LogP contribution in [0.1, 0.15) is 28.5 Å². The first kappa shape index (κ1) is 13.5. The van der Waals surface area contributed by atoms with Crippen LogP contribution in [0.25, 0.3) is 10.9 Å². The molecule has 1 heterocycles. The molecule has 0 aliphatic carbocycles. The van der Waals surface area contributed by atoms with E-state index in [1.165, 1.54) is 6.92 Å². The highest BCUT2D eigenvalue weighted by atomic mass is 19.4. The third-order valence-electron chi connectivity index (χ3n) is 3.05. The van der Waals surface area contributed by atoms with Crippen LogP contribution < -0.4 is 0 Å². The van der Waals surface area contributed by atoms with Gasteiger partial charge in [-0.05, 0) is 25.0 Å². The number of aryl methyl sites for hydroxylation is 2. The molecule has 0 amide bonds. The second-order valence-electron chi connectivity index (χ2n) is 4.26. The average molecular weight is 267 g/mol. The van der Waals surface area contributed by atoms with Crippen molar-refractivity contribution < 1.29 is 18.0 Å². The van der Waals surface area contributed by atoms with Crippen LogP contribution in [0, 0.1) is 6.92 Å². The molecular formula is C14H12F3NO. The standard InChI is InChI=1S/C14H12F3NO/c1-3-10-12(13(19)14(15,16)17)8(2)9-6-4-5-7-11(9)18-10/h4-7H,3H2,1-2H3. The molecule has 2 aromatic rings. The van der Waals surface area contributed by atoms with Gasteiger partial charge in [0.05, 0.1) is 16.8 Å². The lowest BCUT2D eigenvalue weighted by molar-refractivity contribution is -0.0886. The zero-order valence-corrected chi connectivity index (χ0v) is 10.5. The lowest BCUT2D eigenvalue weighted by atomic mass is 9.97. The maximum Gasteiger partial charge on any atom is 0.454 e. The number of Topliss-reactive ketones (excluding diaryl/α,β-unsaturated/α-hetero) is 1. The molecule has 0 spiro atoms. The fraction of sp³-hybridized carbons (Fsp3) is 0.286. The summed E-state index contributed by atoms with van der Waals surface area (Å²) in [6, 6.07) is 6.87. The highest BCUT2D eigenvalue weighted by Crippen LogP contribution is 2.29. The Kier molecular flexibility index (Phi) is 3.30. The molecule has 0 unspecified atom stereocenters. The van der Waals surface area contributed by atoms with Crippen molar-refractivity contribution in [2.75, 3.05) is 0 Å². The van der Waals surface area contributed by atoms with Crippen LogP contribution in [0.2, 0.25) is 0 Å². The molecule has 0 fully saturated rings. The molecule has 0 aliphatic rings. The molecule has 0 saturated carbocycles. The monoisotopic (exact) mass is 267 g/mol. The van der Waals surface area contributed by atoms with E-state index in [9.17, 15) is 18.0 Å². The number of carbonyl (C=O) groups excluding carboxylic acids is 1. The molecule has 100 valence electrons. The van der Waals surface area contributed by atoms with Gasteiger partial charge in [-0.1, -0.05) is 25.1 Å². The fourth-order valence-electron chi connectivity index (χ4n) is 2.14. The van der Waals surface area contributed by atoms with E-state index in [-0.39, 0.29) is 17.7 Å². The topological polar surface area (TPSA) is 30.0 Å². The molecule has 0 radical (unpaired) electrons. The minimum Gasteiger partial charge on any atom is -0.284 e. The van der Waals surface area contributed by atoms with Crippen LogP contribution in [0.3, 0.4) is 0 Å². The second-order valence-corrected chi connectivity index (χ2v) is 4.26. The number of alkyl halides is 3. The first-order valence-corrected chi connectivity index (χ1v) is 5.86. The predicted octanol–water partition coefficient (Wildman–Crippen LogP) is 3.85. The van der Waals surface area contributed by atoms with Gasteiger partial charge in [0.1, 0.15) is 0 Å². The highest BCUT2D eigenvalue weighted by molar-refractivity contribution is 6.05. The van der Waals surface area contributed by atoms with Crippen LogP contribution in [-0.4, -0.2) is 16.9 Å². The summed E-state index contributed by atoms with van der Waals surface area (Å²) < 4.78 is 38.0. The Hall–Kier alpha value is -1.91. The second kappa shape index (κ2) is 4.64. The summed E-state index contributed by atoms with van der Waals surface area (Å²) in [5.74, 6) is -1.82. The maximum absolute atomic E-state index is 12.7. The van der Waals surface area contributed by atoms with Crippen molar-refractivity contribution in [3.63, 3.8) is 0 Å². The van der Waals surface area contributed by atoms with E-state index >= 15 is 0 Å². The maximum atomic E-state index is 12.7. The molecule has 0 aliphatic heterocycles. The number of rotatable bonds is 2. The Balaban J connectivity index is 2.79. The summed E-state index contributed by atoms with van der Waals surface area (Å²) in [5.41, 5.74) is 0.826. The number of nitrogens with zero attached hydrogens (tertiary/aromatic N) is 1. The number of carbonyl (C=O) groups is 1. The number of ketones is 1. The van der Waals surface area contributed by atoms with Crippen LogP contribution in [0.5, 0.6) is 0 Å². The van der Waals surface area contributed by atoms with E-state index in [2.05, 4.69) is 4.98 Å². The van der Waals surface area contributed by atoms with Crippen molar-refractivity contribution in [3.8, 4) is 0 Å². The smallest absolute Gasteiger partial charge is 0.284 e. The zero-order valence-electron chi connectivity index (χ0n) is 10.5. The Morgan fingerprint density at radius 3 is 2.47 bits per heavy atom. The van der Waals surface area contributed by atoms with E-state index in [0.29, 0.717) is 16.5 Å². The van der Waals surface area contributed by atoms with Crippen molar-refractivity contribution in [1.82, 2.24) is 4.98 Å². The van der Waals surface area contributed by atoms with Gasteiger partial charge in [-0.15, -0.1) is 0 Å². The molecule has 1 aromatic carbocycles. The predicted molar refractivity (Wildman–Crippen MR) is 66.2 cm³/mol. The Bertz CT molecular complexity index is 647. The van der Waals surface area contributed by atoms with E-state index in [1.807, 2.05) is 0 Å². The van der Waals surface area contributed by atoms with E-state index < -0.39 is 12.0 Å². The van der Waals surface area contributed by atoms with Gasteiger partial charge in [-0.25, -0.2) is 0 Å². The summed E-state index contributed by atoms with van der Waals surface area (Å²) >= 11 is 0. The van der Waals surface area contributed by atoms with Gasteiger partial charge in [0.15, 0.2) is 0 Å². The van der Waals surface area contributed by atoms with Gasteiger partial charge >= 0.3 is 6.18 Å². The normalized spacial score (nSPS) is 11.8. The summed E-state index contributed by atoms with van der Waals surface area (Å²) in [5, 5.41) is 0.576. The van der Waals surface area contributed by atoms with Gasteiger partial charge < -0.3 is 0 Å². The van der Waals surface area contributed by atoms with Crippen LogP contribution in [0.15, 0.2) is 24.3 Å². The number of hydrogen-bond acceptors (Lipinski definition) is 2. The Labute approximate surface area is 108 Å². The SMILES string of the molecule is CCc1nc2ccccc2c(C)c1C(=O)C(F)(F)F. The molecule has 2 nitrogen and oxygen atoms in total. The Morgan fingerprint density at radius 2 is 1.89 bits per heavy atom. The van der Waals surface area contributed by atoms with Gasteiger partial charge in [0.2, 0.25) is 0 Å². The highest BCUT2D eigenvalue weighted by Gasteiger charge is 2.41.